The minimum atomic E-state index is -4.85. The smallest absolute Gasteiger partial charge is 0.421 e. The maximum absolute atomic E-state index is 12.6. The zero-order chi connectivity index (χ0) is 13.9. The van der Waals surface area contributed by atoms with Crippen molar-refractivity contribution in [2.24, 2.45) is 0 Å². The molecule has 0 N–H and O–H groups in total. The van der Waals surface area contributed by atoms with Gasteiger partial charge < -0.3 is 4.74 Å². The lowest BCUT2D eigenvalue weighted by Gasteiger charge is -2.14. The van der Waals surface area contributed by atoms with Crippen molar-refractivity contribution in [1.29, 1.82) is 5.26 Å². The molecule has 8 heteroatoms. The van der Waals surface area contributed by atoms with E-state index in [1.54, 1.807) is 6.07 Å². The monoisotopic (exact) mass is 266 g/mol. The van der Waals surface area contributed by atoms with Gasteiger partial charge in [0.15, 0.2) is 0 Å². The highest BCUT2D eigenvalue weighted by atomic mass is 19.4. The van der Waals surface area contributed by atoms with Gasteiger partial charge in [-0.2, -0.15) is 18.4 Å². The summed E-state index contributed by atoms with van der Waals surface area (Å²) >= 11 is 0. The Hall–Kier alpha value is -1.91. The molecule has 0 amide bonds. The summed E-state index contributed by atoms with van der Waals surface area (Å²) in [5.41, 5.74) is -2.72. The Morgan fingerprint density at radius 1 is 1.44 bits per heavy atom. The Balaban J connectivity index is 3.47. The number of pyridine rings is 1. The number of ether oxygens (including phenoxy) is 1. The molecule has 0 aliphatic carbocycles. The Labute approximate surface area is 98.8 Å². The Bertz CT molecular complexity index is 478. The van der Waals surface area contributed by atoms with Crippen molar-refractivity contribution in [3.05, 3.63) is 22.9 Å². The molecule has 1 aromatic heterocycles. The average molecular weight is 266 g/mol. The molecule has 0 aromatic carbocycles. The van der Waals surface area contributed by atoms with E-state index in [4.69, 9.17) is 5.26 Å². The summed E-state index contributed by atoms with van der Waals surface area (Å²) in [4.78, 5) is 3.32. The number of halogens is 5. The number of nitriles is 1. The summed E-state index contributed by atoms with van der Waals surface area (Å²) in [5.74, 6) is -0.822. The highest BCUT2D eigenvalue weighted by molar-refractivity contribution is 5.38. The Morgan fingerprint density at radius 2 is 2.06 bits per heavy atom. The van der Waals surface area contributed by atoms with Crippen LogP contribution in [0.25, 0.3) is 0 Å². The molecule has 1 rings (SSSR count). The van der Waals surface area contributed by atoms with Gasteiger partial charge in [0, 0.05) is 5.56 Å². The van der Waals surface area contributed by atoms with Crippen LogP contribution in [0.3, 0.4) is 0 Å². The van der Waals surface area contributed by atoms with E-state index in [0.717, 1.165) is 7.11 Å². The standard InChI is InChI=1S/C10H7F5N2O/c1-18-9-6(10(13,14)15)4-5(8(11)12)7(17-9)2-3-16/h4,8H,2H2,1H3. The Kier molecular flexibility index (Phi) is 4.06. The third kappa shape index (κ3) is 2.85. The maximum Gasteiger partial charge on any atom is 0.421 e. The normalized spacial score (nSPS) is 11.4. The van der Waals surface area contributed by atoms with Crippen LogP contribution in [0, 0.1) is 11.3 Å². The molecule has 0 aliphatic heterocycles. The van der Waals surface area contributed by atoms with Crippen molar-refractivity contribution in [2.45, 2.75) is 19.0 Å². The molecule has 0 aliphatic rings. The van der Waals surface area contributed by atoms with Gasteiger partial charge in [-0.3, -0.25) is 0 Å². The van der Waals surface area contributed by atoms with Crippen LogP contribution in [0.4, 0.5) is 22.0 Å². The molecule has 0 saturated carbocycles. The zero-order valence-corrected chi connectivity index (χ0v) is 9.05. The molecular formula is C10H7F5N2O. The number of alkyl halides is 5. The van der Waals surface area contributed by atoms with Gasteiger partial charge in [-0.1, -0.05) is 0 Å². The van der Waals surface area contributed by atoms with E-state index in [1.807, 2.05) is 0 Å². The van der Waals surface area contributed by atoms with Crippen LogP contribution in [-0.4, -0.2) is 12.1 Å². The molecule has 1 aromatic rings. The molecule has 1 heterocycles. The molecule has 0 unspecified atom stereocenters. The first-order valence-electron chi connectivity index (χ1n) is 4.61. The van der Waals surface area contributed by atoms with Crippen LogP contribution < -0.4 is 4.74 Å². The van der Waals surface area contributed by atoms with Crippen LogP contribution in [0.2, 0.25) is 0 Å². The third-order valence-electron chi connectivity index (χ3n) is 2.08. The predicted octanol–water partition coefficient (Wildman–Crippen LogP) is 3.11. The molecule has 0 fully saturated rings. The molecular weight excluding hydrogens is 259 g/mol. The molecule has 0 saturated heterocycles. The second-order valence-corrected chi connectivity index (χ2v) is 3.21. The lowest BCUT2D eigenvalue weighted by Crippen LogP contribution is -2.12. The predicted molar refractivity (Wildman–Crippen MR) is 50.1 cm³/mol. The van der Waals surface area contributed by atoms with Gasteiger partial charge in [0.05, 0.1) is 25.3 Å². The fourth-order valence-corrected chi connectivity index (χ4v) is 1.31. The van der Waals surface area contributed by atoms with Crippen molar-refractivity contribution in [1.82, 2.24) is 4.98 Å². The minimum Gasteiger partial charge on any atom is -0.481 e. The van der Waals surface area contributed by atoms with E-state index in [-0.39, 0.29) is 6.07 Å². The van der Waals surface area contributed by atoms with Crippen LogP contribution in [0.15, 0.2) is 6.07 Å². The molecule has 98 valence electrons. The van der Waals surface area contributed by atoms with Crippen molar-refractivity contribution in [2.75, 3.05) is 7.11 Å². The van der Waals surface area contributed by atoms with Gasteiger partial charge >= 0.3 is 6.18 Å². The number of rotatable bonds is 3. The first-order valence-corrected chi connectivity index (χ1v) is 4.61. The largest absolute Gasteiger partial charge is 0.481 e. The van der Waals surface area contributed by atoms with E-state index in [1.165, 1.54) is 0 Å². The summed E-state index contributed by atoms with van der Waals surface area (Å²) in [6.45, 7) is 0. The quantitative estimate of drug-likeness (QED) is 0.789. The lowest BCUT2D eigenvalue weighted by atomic mass is 10.1. The van der Waals surface area contributed by atoms with Crippen LogP contribution in [0.1, 0.15) is 23.2 Å². The fraction of sp³-hybridized carbons (Fsp3) is 0.400. The van der Waals surface area contributed by atoms with E-state index in [0.29, 0.717) is 0 Å². The lowest BCUT2D eigenvalue weighted by molar-refractivity contribution is -0.139. The topological polar surface area (TPSA) is 45.9 Å². The summed E-state index contributed by atoms with van der Waals surface area (Å²) < 4.78 is 67.3. The van der Waals surface area contributed by atoms with Gasteiger partial charge in [-0.05, 0) is 6.07 Å². The van der Waals surface area contributed by atoms with E-state index < -0.39 is 41.7 Å². The minimum absolute atomic E-state index is 0.267. The zero-order valence-electron chi connectivity index (χ0n) is 9.05. The fourth-order valence-electron chi connectivity index (χ4n) is 1.31. The molecule has 18 heavy (non-hydrogen) atoms. The number of hydrogen-bond acceptors (Lipinski definition) is 3. The molecule has 0 bridgehead atoms. The van der Waals surface area contributed by atoms with Crippen molar-refractivity contribution < 1.29 is 26.7 Å². The summed E-state index contributed by atoms with van der Waals surface area (Å²) in [6.07, 6.45) is -8.52. The molecule has 0 atom stereocenters. The SMILES string of the molecule is COc1nc(CC#N)c(C(F)F)cc1C(F)(F)F. The second kappa shape index (κ2) is 5.16. The highest BCUT2D eigenvalue weighted by Gasteiger charge is 2.37. The molecule has 3 nitrogen and oxygen atoms in total. The number of aromatic nitrogens is 1. The molecule has 0 radical (unpaired) electrons. The van der Waals surface area contributed by atoms with Gasteiger partial charge in [0.25, 0.3) is 6.43 Å². The van der Waals surface area contributed by atoms with Crippen LogP contribution in [-0.2, 0) is 12.6 Å². The maximum atomic E-state index is 12.6. The first-order chi connectivity index (χ1) is 8.31. The van der Waals surface area contributed by atoms with Crippen molar-refractivity contribution in [3.63, 3.8) is 0 Å². The molecule has 0 spiro atoms. The van der Waals surface area contributed by atoms with E-state index in [9.17, 15) is 22.0 Å². The van der Waals surface area contributed by atoms with Crippen molar-refractivity contribution >= 4 is 0 Å². The highest BCUT2D eigenvalue weighted by Crippen LogP contribution is 2.38. The van der Waals surface area contributed by atoms with Crippen molar-refractivity contribution in [3.8, 4) is 11.9 Å². The van der Waals surface area contributed by atoms with Crippen LogP contribution >= 0.6 is 0 Å². The van der Waals surface area contributed by atoms with E-state index in [2.05, 4.69) is 9.72 Å². The first kappa shape index (κ1) is 14.2. The van der Waals surface area contributed by atoms with Gasteiger partial charge in [-0.15, -0.1) is 0 Å². The second-order valence-electron chi connectivity index (χ2n) is 3.21. The summed E-state index contributed by atoms with van der Waals surface area (Å²) in [7, 11) is 0.940. The van der Waals surface area contributed by atoms with Crippen LogP contribution in [0.5, 0.6) is 5.88 Å². The van der Waals surface area contributed by atoms with Gasteiger partial charge in [0.1, 0.15) is 5.56 Å². The number of nitrogens with zero attached hydrogens (tertiary/aromatic N) is 2. The average Bonchev–Trinajstić information content (AvgIpc) is 2.27. The van der Waals surface area contributed by atoms with Gasteiger partial charge in [-0.25, -0.2) is 13.8 Å². The van der Waals surface area contributed by atoms with Gasteiger partial charge in [0.2, 0.25) is 5.88 Å². The Morgan fingerprint density at radius 3 is 2.44 bits per heavy atom. The summed E-state index contributed by atoms with van der Waals surface area (Å²) in [6, 6.07) is 1.82. The number of methoxy groups -OCH3 is 1. The number of hydrogen-bond donors (Lipinski definition) is 0. The summed E-state index contributed by atoms with van der Waals surface area (Å²) in [5, 5.41) is 8.42. The third-order valence-corrected chi connectivity index (χ3v) is 2.08. The van der Waals surface area contributed by atoms with E-state index >= 15 is 0 Å².